The van der Waals surface area contributed by atoms with Gasteiger partial charge in [0.25, 0.3) is 0 Å². The Kier molecular flexibility index (Phi) is 3.96. The molecule has 3 rings (SSSR count). The number of hydrogen-bond donors (Lipinski definition) is 0. The zero-order valence-corrected chi connectivity index (χ0v) is 13.5. The number of benzene rings is 1. The summed E-state index contributed by atoms with van der Waals surface area (Å²) in [7, 11) is 0. The average molecular weight is 301 g/mol. The van der Waals surface area contributed by atoms with Crippen molar-refractivity contribution in [2.24, 2.45) is 0 Å². The fourth-order valence-electron chi connectivity index (χ4n) is 3.50. The van der Waals surface area contributed by atoms with E-state index in [0.29, 0.717) is 13.2 Å². The Morgan fingerprint density at radius 1 is 1.41 bits per heavy atom. The lowest BCUT2D eigenvalue weighted by atomic mass is 9.93. The van der Waals surface area contributed by atoms with E-state index in [-0.39, 0.29) is 12.4 Å². The van der Waals surface area contributed by atoms with E-state index in [9.17, 15) is 4.79 Å². The molecule has 0 radical (unpaired) electrons. The van der Waals surface area contributed by atoms with Gasteiger partial charge < -0.3 is 14.0 Å². The molecule has 4 nitrogen and oxygen atoms in total. The van der Waals surface area contributed by atoms with Gasteiger partial charge in [0.2, 0.25) is 0 Å². The van der Waals surface area contributed by atoms with Crippen LogP contribution in [0.4, 0.5) is 0 Å². The van der Waals surface area contributed by atoms with E-state index in [1.807, 2.05) is 13.8 Å². The number of hydrogen-bond acceptors (Lipinski definition) is 3. The van der Waals surface area contributed by atoms with E-state index in [0.717, 1.165) is 18.7 Å². The molecule has 0 saturated heterocycles. The fraction of sp³-hybridized carbons (Fsp3) is 0.500. The predicted molar refractivity (Wildman–Crippen MR) is 85.8 cm³/mol. The van der Waals surface area contributed by atoms with Crippen molar-refractivity contribution in [1.82, 2.24) is 4.57 Å². The minimum absolute atomic E-state index is 0.192. The molecule has 0 bridgehead atoms. The third-order valence-corrected chi connectivity index (χ3v) is 4.41. The molecular weight excluding hydrogens is 278 g/mol. The van der Waals surface area contributed by atoms with E-state index < -0.39 is 5.60 Å². The first-order chi connectivity index (χ1) is 10.6. The highest BCUT2D eigenvalue weighted by Crippen LogP contribution is 2.40. The van der Waals surface area contributed by atoms with Crippen LogP contribution in [0, 0.1) is 6.92 Å². The zero-order chi connectivity index (χ0) is 15.7. The number of rotatable bonds is 4. The number of para-hydroxylation sites is 1. The molecule has 2 heterocycles. The van der Waals surface area contributed by atoms with Crippen LogP contribution in [0.15, 0.2) is 24.3 Å². The lowest BCUT2D eigenvalue weighted by molar-refractivity contribution is -0.154. The van der Waals surface area contributed by atoms with Gasteiger partial charge in [0.1, 0.15) is 5.60 Å². The average Bonchev–Trinajstić information content (AvgIpc) is 2.80. The van der Waals surface area contributed by atoms with Gasteiger partial charge in [-0.25, -0.2) is 0 Å². The molecule has 0 amide bonds. The third-order valence-electron chi connectivity index (χ3n) is 4.41. The number of aryl methyl sites for hydroxylation is 1. The number of carbonyl (C=O) groups is 1. The lowest BCUT2D eigenvalue weighted by Crippen LogP contribution is -2.38. The second kappa shape index (κ2) is 5.76. The van der Waals surface area contributed by atoms with Gasteiger partial charge in [0, 0.05) is 17.4 Å². The molecule has 1 unspecified atom stereocenters. The summed E-state index contributed by atoms with van der Waals surface area (Å²) in [4.78, 5) is 12.1. The molecule has 0 N–H and O–H groups in total. The van der Waals surface area contributed by atoms with Gasteiger partial charge in [-0.15, -0.1) is 0 Å². The van der Waals surface area contributed by atoms with Gasteiger partial charge in [0.15, 0.2) is 0 Å². The van der Waals surface area contributed by atoms with Crippen LogP contribution in [0.3, 0.4) is 0 Å². The van der Waals surface area contributed by atoms with Crippen molar-refractivity contribution in [3.8, 4) is 0 Å². The van der Waals surface area contributed by atoms with E-state index in [4.69, 9.17) is 9.47 Å². The number of nitrogens with zero attached hydrogens (tertiary/aromatic N) is 1. The number of carbonyl (C=O) groups excluding carboxylic acids is 1. The van der Waals surface area contributed by atoms with Crippen molar-refractivity contribution >= 4 is 16.9 Å². The van der Waals surface area contributed by atoms with Crippen LogP contribution in [0.5, 0.6) is 0 Å². The molecule has 1 aromatic heterocycles. The number of ether oxygens (including phenoxy) is 2. The standard InChI is InChI=1S/C18H23NO3/c1-4-10-21-16(20)12-18(3)17-13(2)14-7-5-6-8-15(14)19(17)9-11-22-18/h5-8H,4,9-12H2,1-3H3. The Bertz CT molecular complexity index is 704. The van der Waals surface area contributed by atoms with Crippen molar-refractivity contribution in [1.29, 1.82) is 0 Å². The van der Waals surface area contributed by atoms with E-state index in [2.05, 4.69) is 35.8 Å². The first-order valence-electron chi connectivity index (χ1n) is 7.94. The van der Waals surface area contributed by atoms with Crippen molar-refractivity contribution in [2.45, 2.75) is 45.8 Å². The van der Waals surface area contributed by atoms with Gasteiger partial charge in [-0.2, -0.15) is 0 Å². The smallest absolute Gasteiger partial charge is 0.309 e. The molecule has 1 aliphatic rings. The summed E-state index contributed by atoms with van der Waals surface area (Å²) in [5.74, 6) is -0.192. The molecular formula is C18H23NO3. The van der Waals surface area contributed by atoms with Crippen molar-refractivity contribution < 1.29 is 14.3 Å². The molecule has 1 aliphatic heterocycles. The molecule has 0 fully saturated rings. The predicted octanol–water partition coefficient (Wildman–Crippen LogP) is 3.54. The van der Waals surface area contributed by atoms with Gasteiger partial charge in [-0.05, 0) is 31.9 Å². The number of aromatic nitrogens is 1. The molecule has 118 valence electrons. The first kappa shape index (κ1) is 15.1. The molecule has 2 aromatic rings. The van der Waals surface area contributed by atoms with Gasteiger partial charge in [-0.3, -0.25) is 4.79 Å². The normalized spacial score (nSPS) is 20.9. The van der Waals surface area contributed by atoms with E-state index in [1.54, 1.807) is 0 Å². The summed E-state index contributed by atoms with van der Waals surface area (Å²) < 4.78 is 13.6. The van der Waals surface area contributed by atoms with Crippen molar-refractivity contribution in [2.75, 3.05) is 13.2 Å². The summed E-state index contributed by atoms with van der Waals surface area (Å²) in [6.07, 6.45) is 1.09. The highest BCUT2D eigenvalue weighted by Gasteiger charge is 2.39. The van der Waals surface area contributed by atoms with Crippen molar-refractivity contribution in [3.63, 3.8) is 0 Å². The summed E-state index contributed by atoms with van der Waals surface area (Å²) in [5, 5.41) is 1.23. The monoisotopic (exact) mass is 301 g/mol. The number of fused-ring (bicyclic) bond motifs is 3. The Morgan fingerprint density at radius 3 is 2.95 bits per heavy atom. The fourth-order valence-corrected chi connectivity index (χ4v) is 3.50. The maximum Gasteiger partial charge on any atom is 0.309 e. The van der Waals surface area contributed by atoms with Crippen LogP contribution in [0.2, 0.25) is 0 Å². The molecule has 4 heteroatoms. The topological polar surface area (TPSA) is 40.5 Å². The van der Waals surface area contributed by atoms with Crippen LogP contribution in [-0.2, 0) is 26.4 Å². The van der Waals surface area contributed by atoms with Gasteiger partial charge in [0.05, 0.1) is 25.3 Å². The summed E-state index contributed by atoms with van der Waals surface area (Å²) >= 11 is 0. The minimum atomic E-state index is -0.619. The highest BCUT2D eigenvalue weighted by molar-refractivity contribution is 5.86. The third kappa shape index (κ3) is 2.41. The Hall–Kier alpha value is -1.81. The molecule has 1 aromatic carbocycles. The van der Waals surface area contributed by atoms with E-state index in [1.165, 1.54) is 16.5 Å². The van der Waals surface area contributed by atoms with Crippen LogP contribution in [-0.4, -0.2) is 23.8 Å². The SMILES string of the molecule is CCCOC(=O)CC1(C)OCCn2c1c(C)c1ccccc12. The van der Waals surface area contributed by atoms with Crippen LogP contribution in [0.1, 0.15) is 37.9 Å². The maximum atomic E-state index is 12.1. The van der Waals surface area contributed by atoms with Crippen LogP contribution in [0.25, 0.3) is 10.9 Å². The Labute approximate surface area is 131 Å². The maximum absolute atomic E-state index is 12.1. The van der Waals surface area contributed by atoms with Crippen molar-refractivity contribution in [3.05, 3.63) is 35.5 Å². The van der Waals surface area contributed by atoms with Gasteiger partial charge >= 0.3 is 5.97 Å². The second-order valence-corrected chi connectivity index (χ2v) is 6.12. The molecule has 1 atom stereocenters. The van der Waals surface area contributed by atoms with E-state index >= 15 is 0 Å². The van der Waals surface area contributed by atoms with Crippen LogP contribution < -0.4 is 0 Å². The minimum Gasteiger partial charge on any atom is -0.466 e. The Balaban J connectivity index is 2.02. The molecule has 0 saturated carbocycles. The highest BCUT2D eigenvalue weighted by atomic mass is 16.5. The molecule has 0 aliphatic carbocycles. The molecule has 0 spiro atoms. The summed E-state index contributed by atoms with van der Waals surface area (Å²) in [6, 6.07) is 8.37. The van der Waals surface area contributed by atoms with Crippen LogP contribution >= 0.6 is 0 Å². The second-order valence-electron chi connectivity index (χ2n) is 6.12. The summed E-state index contributed by atoms with van der Waals surface area (Å²) in [6.45, 7) is 8.01. The lowest BCUT2D eigenvalue weighted by Gasteiger charge is -2.35. The number of esters is 1. The largest absolute Gasteiger partial charge is 0.466 e. The quantitative estimate of drug-likeness (QED) is 0.811. The van der Waals surface area contributed by atoms with Gasteiger partial charge in [-0.1, -0.05) is 25.1 Å². The first-order valence-corrected chi connectivity index (χ1v) is 7.94. The molecule has 22 heavy (non-hydrogen) atoms. The Morgan fingerprint density at radius 2 is 2.18 bits per heavy atom. The summed E-state index contributed by atoms with van der Waals surface area (Å²) in [5.41, 5.74) is 2.90. The zero-order valence-electron chi connectivity index (χ0n) is 13.5.